The number of amides is 2. The predicted molar refractivity (Wildman–Crippen MR) is 115 cm³/mol. The molecule has 0 radical (unpaired) electrons. The van der Waals surface area contributed by atoms with Gasteiger partial charge in [-0.2, -0.15) is 0 Å². The Kier molecular flexibility index (Phi) is 4.89. The third-order valence-corrected chi connectivity index (χ3v) is 5.03. The van der Waals surface area contributed by atoms with Gasteiger partial charge < -0.3 is 10.6 Å². The first-order chi connectivity index (χ1) is 13.1. The molecule has 0 spiro atoms. The van der Waals surface area contributed by atoms with Gasteiger partial charge in [-0.15, -0.1) is 0 Å². The van der Waals surface area contributed by atoms with Gasteiger partial charge in [-0.05, 0) is 57.8 Å². The molecule has 6 heteroatoms. The second-order valence-corrected chi connectivity index (χ2v) is 7.52. The zero-order chi connectivity index (χ0) is 18.8. The number of nitrogens with zero attached hydrogens (tertiary/aromatic N) is 1. The maximum Gasteiger partial charge on any atom is 0.270 e. The minimum atomic E-state index is -0.344. The van der Waals surface area contributed by atoms with Crippen LogP contribution in [-0.4, -0.2) is 17.5 Å². The molecule has 2 amide bonds. The predicted octanol–water partition coefficient (Wildman–Crippen LogP) is 4.18. The number of nitrogens with one attached hydrogen (secondary N) is 2. The molecular weight excluding hydrogens is 453 g/mol. The van der Waals surface area contributed by atoms with Crippen LogP contribution in [0.1, 0.15) is 12.0 Å². The van der Waals surface area contributed by atoms with Crippen molar-refractivity contribution in [3.05, 3.63) is 69.8 Å². The van der Waals surface area contributed by atoms with E-state index in [0.717, 1.165) is 19.9 Å². The fourth-order valence-corrected chi connectivity index (χ4v) is 3.70. The molecule has 0 bridgehead atoms. The molecule has 1 aliphatic rings. The van der Waals surface area contributed by atoms with Crippen LogP contribution in [0.3, 0.4) is 0 Å². The molecule has 2 N–H and O–H groups in total. The number of carbonyl (C=O) groups excluding carboxylic acids is 2. The number of hydrogen-bond donors (Lipinski definition) is 2. The van der Waals surface area contributed by atoms with Crippen LogP contribution < -0.4 is 10.6 Å². The summed E-state index contributed by atoms with van der Waals surface area (Å²) in [5, 5.41) is 7.62. The summed E-state index contributed by atoms with van der Waals surface area (Å²) in [4.78, 5) is 29.4. The molecule has 0 fully saturated rings. The Bertz CT molecular complexity index is 1090. The van der Waals surface area contributed by atoms with E-state index in [1.807, 2.05) is 60.7 Å². The molecule has 1 heterocycles. The first-order valence-electron chi connectivity index (χ1n) is 8.52. The van der Waals surface area contributed by atoms with E-state index in [2.05, 4.69) is 38.2 Å². The number of anilines is 1. The van der Waals surface area contributed by atoms with Crippen LogP contribution in [0.4, 0.5) is 11.4 Å². The number of aliphatic imine (C=N–C) groups is 1. The van der Waals surface area contributed by atoms with E-state index in [-0.39, 0.29) is 23.9 Å². The molecule has 0 aromatic heterocycles. The smallest absolute Gasteiger partial charge is 0.270 e. The Labute approximate surface area is 170 Å². The highest BCUT2D eigenvalue weighted by Crippen LogP contribution is 2.34. The summed E-state index contributed by atoms with van der Waals surface area (Å²) in [6.45, 7) is 0.417. The molecule has 0 atom stereocenters. The van der Waals surface area contributed by atoms with Crippen LogP contribution in [0.5, 0.6) is 0 Å². The first-order valence-corrected chi connectivity index (χ1v) is 9.60. The zero-order valence-electron chi connectivity index (χ0n) is 14.3. The molecule has 0 saturated carbocycles. The molecule has 0 saturated heterocycles. The van der Waals surface area contributed by atoms with E-state index in [9.17, 15) is 9.59 Å². The molecule has 0 aliphatic carbocycles. The standard InChI is InChI=1S/C21H16IN3O2/c22-15-7-1-4-13(10-15)12-23-19(26)11-18-21(27)25-17-9-3-6-14-5-2-8-16(24-18)20(14)17/h1-10H,11-12H2,(H,23,26)(H,25,27). The van der Waals surface area contributed by atoms with Gasteiger partial charge in [0.05, 0.1) is 17.8 Å². The maximum absolute atomic E-state index is 12.6. The molecule has 4 rings (SSSR count). The molecule has 3 aromatic carbocycles. The van der Waals surface area contributed by atoms with Crippen LogP contribution in [0.25, 0.3) is 10.8 Å². The number of carbonyl (C=O) groups is 2. The third kappa shape index (κ3) is 3.85. The average molecular weight is 469 g/mol. The molecule has 1 aliphatic heterocycles. The van der Waals surface area contributed by atoms with Crippen LogP contribution in [0, 0.1) is 3.57 Å². The van der Waals surface area contributed by atoms with E-state index in [1.54, 1.807) is 0 Å². The van der Waals surface area contributed by atoms with Crippen molar-refractivity contribution in [3.63, 3.8) is 0 Å². The Hall–Kier alpha value is -2.74. The van der Waals surface area contributed by atoms with Crippen LogP contribution in [0.2, 0.25) is 0 Å². The fourth-order valence-electron chi connectivity index (χ4n) is 3.09. The van der Waals surface area contributed by atoms with Crippen molar-refractivity contribution in [3.8, 4) is 0 Å². The van der Waals surface area contributed by atoms with E-state index in [4.69, 9.17) is 0 Å². The Morgan fingerprint density at radius 2 is 1.85 bits per heavy atom. The number of hydrogen-bond acceptors (Lipinski definition) is 3. The monoisotopic (exact) mass is 469 g/mol. The molecule has 3 aromatic rings. The zero-order valence-corrected chi connectivity index (χ0v) is 16.5. The topological polar surface area (TPSA) is 70.6 Å². The van der Waals surface area contributed by atoms with Gasteiger partial charge in [0.15, 0.2) is 0 Å². The lowest BCUT2D eigenvalue weighted by Gasteiger charge is -2.08. The van der Waals surface area contributed by atoms with Gasteiger partial charge in [-0.25, -0.2) is 4.99 Å². The number of benzene rings is 3. The summed E-state index contributed by atoms with van der Waals surface area (Å²) >= 11 is 2.23. The van der Waals surface area contributed by atoms with Gasteiger partial charge in [0, 0.05) is 15.5 Å². The van der Waals surface area contributed by atoms with Crippen LogP contribution >= 0.6 is 22.6 Å². The summed E-state index contributed by atoms with van der Waals surface area (Å²) < 4.78 is 1.11. The highest BCUT2D eigenvalue weighted by Gasteiger charge is 2.21. The molecular formula is C21H16IN3O2. The highest BCUT2D eigenvalue weighted by atomic mass is 127. The van der Waals surface area contributed by atoms with Gasteiger partial charge in [-0.1, -0.05) is 36.4 Å². The average Bonchev–Trinajstić information content (AvgIpc) is 2.79. The van der Waals surface area contributed by atoms with Gasteiger partial charge >= 0.3 is 0 Å². The lowest BCUT2D eigenvalue weighted by atomic mass is 10.1. The van der Waals surface area contributed by atoms with Crippen molar-refractivity contribution < 1.29 is 9.59 Å². The SMILES string of the molecule is O=C(CC1=Nc2cccc3cccc(c23)NC1=O)NCc1cccc(I)c1. The van der Waals surface area contributed by atoms with Crippen LogP contribution in [-0.2, 0) is 16.1 Å². The summed E-state index contributed by atoms with van der Waals surface area (Å²) in [6, 6.07) is 19.3. The minimum absolute atomic E-state index is 0.0693. The van der Waals surface area contributed by atoms with Crippen molar-refractivity contribution in [2.45, 2.75) is 13.0 Å². The number of halogens is 1. The Morgan fingerprint density at radius 3 is 2.67 bits per heavy atom. The summed E-state index contributed by atoms with van der Waals surface area (Å²) in [7, 11) is 0. The van der Waals surface area contributed by atoms with Crippen molar-refractivity contribution in [1.82, 2.24) is 5.32 Å². The summed E-state index contributed by atoms with van der Waals surface area (Å²) in [5.41, 5.74) is 2.63. The lowest BCUT2D eigenvalue weighted by molar-refractivity contribution is -0.120. The van der Waals surface area contributed by atoms with Gasteiger partial charge in [0.1, 0.15) is 5.71 Å². The molecule has 27 heavy (non-hydrogen) atoms. The summed E-state index contributed by atoms with van der Waals surface area (Å²) in [5.74, 6) is -0.580. The van der Waals surface area contributed by atoms with Crippen molar-refractivity contribution in [2.24, 2.45) is 4.99 Å². The Morgan fingerprint density at radius 1 is 1.07 bits per heavy atom. The lowest BCUT2D eigenvalue weighted by Crippen LogP contribution is -2.30. The van der Waals surface area contributed by atoms with E-state index >= 15 is 0 Å². The van der Waals surface area contributed by atoms with E-state index in [0.29, 0.717) is 17.9 Å². The van der Waals surface area contributed by atoms with Gasteiger partial charge in [0.2, 0.25) is 5.91 Å². The second-order valence-electron chi connectivity index (χ2n) is 6.28. The highest BCUT2D eigenvalue weighted by molar-refractivity contribution is 14.1. The Balaban J connectivity index is 1.54. The maximum atomic E-state index is 12.6. The number of rotatable bonds is 4. The van der Waals surface area contributed by atoms with E-state index in [1.165, 1.54) is 0 Å². The van der Waals surface area contributed by atoms with Crippen LogP contribution in [0.15, 0.2) is 65.7 Å². The normalized spacial score (nSPS) is 12.9. The second kappa shape index (κ2) is 7.48. The minimum Gasteiger partial charge on any atom is -0.352 e. The molecule has 134 valence electrons. The van der Waals surface area contributed by atoms with Crippen molar-refractivity contribution >= 4 is 62.3 Å². The fraction of sp³-hybridized carbons (Fsp3) is 0.0952. The largest absolute Gasteiger partial charge is 0.352 e. The third-order valence-electron chi connectivity index (χ3n) is 4.36. The first kappa shape index (κ1) is 17.7. The van der Waals surface area contributed by atoms with Crippen molar-refractivity contribution in [2.75, 3.05) is 5.32 Å². The summed E-state index contributed by atoms with van der Waals surface area (Å²) in [6.07, 6.45) is -0.0693. The molecule has 5 nitrogen and oxygen atoms in total. The van der Waals surface area contributed by atoms with Gasteiger partial charge in [0.25, 0.3) is 5.91 Å². The molecule has 0 unspecified atom stereocenters. The van der Waals surface area contributed by atoms with E-state index < -0.39 is 0 Å². The van der Waals surface area contributed by atoms with Gasteiger partial charge in [-0.3, -0.25) is 9.59 Å². The van der Waals surface area contributed by atoms with Crippen molar-refractivity contribution in [1.29, 1.82) is 0 Å². The quantitative estimate of drug-likeness (QED) is 0.564.